The Bertz CT molecular complexity index is 1290. The molecule has 0 spiro atoms. The summed E-state index contributed by atoms with van der Waals surface area (Å²) in [5, 5.41) is 9.44. The van der Waals surface area contributed by atoms with E-state index in [2.05, 4.69) is 10.6 Å². The fourth-order valence-electron chi connectivity index (χ4n) is 3.23. The highest BCUT2D eigenvalue weighted by atomic mass is 35.5. The third kappa shape index (κ3) is 5.26. The van der Waals surface area contributed by atoms with Gasteiger partial charge in [-0.15, -0.1) is 22.7 Å². The van der Waals surface area contributed by atoms with Crippen LogP contribution in [0.4, 0.5) is 0 Å². The van der Waals surface area contributed by atoms with Gasteiger partial charge in [0.05, 0.1) is 10.0 Å². The Morgan fingerprint density at radius 1 is 0.758 bits per heavy atom. The Morgan fingerprint density at radius 3 is 1.55 bits per heavy atom. The molecule has 4 aromatic rings. The summed E-state index contributed by atoms with van der Waals surface area (Å²) in [4.78, 5) is 26.4. The smallest absolute Gasteiger partial charge is 0.262 e. The molecule has 0 saturated carbocycles. The molecule has 2 N–H and O–H groups in total. The first-order valence-electron chi connectivity index (χ1n) is 9.87. The van der Waals surface area contributed by atoms with Gasteiger partial charge in [-0.25, -0.2) is 0 Å². The second-order valence-corrected chi connectivity index (χ2v) is 12.0. The summed E-state index contributed by atoms with van der Waals surface area (Å²) in [6.07, 6.45) is 0. The molecule has 2 amide bonds. The van der Waals surface area contributed by atoms with Crippen molar-refractivity contribution >= 4 is 101 Å². The van der Waals surface area contributed by atoms with Gasteiger partial charge in [0.15, 0.2) is 0 Å². The van der Waals surface area contributed by atoms with Crippen LogP contribution in [0, 0.1) is 5.41 Å². The third-order valence-electron chi connectivity index (χ3n) is 5.05. The van der Waals surface area contributed by atoms with E-state index in [9.17, 15) is 9.59 Å². The Balaban J connectivity index is 1.39. The van der Waals surface area contributed by atoms with Gasteiger partial charge in [-0.1, -0.05) is 72.4 Å². The molecule has 0 aliphatic carbocycles. The van der Waals surface area contributed by atoms with Crippen molar-refractivity contribution in [3.05, 3.63) is 66.2 Å². The highest BCUT2D eigenvalue weighted by Gasteiger charge is 2.24. The molecular formula is C23H18Cl4N2O2S2. The van der Waals surface area contributed by atoms with Gasteiger partial charge >= 0.3 is 0 Å². The number of hydrogen-bond donors (Lipinski definition) is 2. The quantitative estimate of drug-likeness (QED) is 0.252. The molecule has 4 nitrogen and oxygen atoms in total. The molecule has 0 aliphatic rings. The van der Waals surface area contributed by atoms with Crippen molar-refractivity contribution in [3.8, 4) is 0 Å². The minimum absolute atomic E-state index is 0.263. The molecule has 0 radical (unpaired) electrons. The Morgan fingerprint density at radius 2 is 1.15 bits per heavy atom. The van der Waals surface area contributed by atoms with Crippen LogP contribution in [0.15, 0.2) is 36.4 Å². The second-order valence-electron chi connectivity index (χ2n) is 8.30. The Labute approximate surface area is 218 Å². The van der Waals surface area contributed by atoms with Crippen LogP contribution in [0.3, 0.4) is 0 Å². The van der Waals surface area contributed by atoms with E-state index in [1.165, 1.54) is 22.7 Å². The average Bonchev–Trinajstić information content (AvgIpc) is 3.26. The zero-order chi connectivity index (χ0) is 23.9. The maximum atomic E-state index is 12.8. The van der Waals surface area contributed by atoms with Gasteiger partial charge in [-0.2, -0.15) is 0 Å². The lowest BCUT2D eigenvalue weighted by atomic mass is 9.93. The highest BCUT2D eigenvalue weighted by Crippen LogP contribution is 2.38. The van der Waals surface area contributed by atoms with Crippen LogP contribution in [-0.4, -0.2) is 24.9 Å². The van der Waals surface area contributed by atoms with Gasteiger partial charge in [0.2, 0.25) is 0 Å². The molecule has 0 fully saturated rings. The molecule has 2 aromatic carbocycles. The number of nitrogens with one attached hydrogen (secondary N) is 2. The predicted molar refractivity (Wildman–Crippen MR) is 142 cm³/mol. The number of carbonyl (C=O) groups excluding carboxylic acids is 2. The SMILES string of the molecule is CC(C)(CNC(=O)c1sc2cc(Cl)ccc2c1Cl)CNC(=O)c1sc2cc(Cl)ccc2c1Cl. The topological polar surface area (TPSA) is 58.2 Å². The predicted octanol–water partition coefficient (Wildman–Crippen LogP) is 7.92. The van der Waals surface area contributed by atoms with E-state index in [0.717, 1.165) is 20.2 Å². The molecular weight excluding hydrogens is 542 g/mol. The molecule has 0 bridgehead atoms. The Hall–Kier alpha value is -1.54. The van der Waals surface area contributed by atoms with Crippen molar-refractivity contribution in [2.24, 2.45) is 5.41 Å². The third-order valence-corrected chi connectivity index (χ3v) is 8.83. The van der Waals surface area contributed by atoms with Crippen LogP contribution in [0.5, 0.6) is 0 Å². The molecule has 10 heteroatoms. The zero-order valence-electron chi connectivity index (χ0n) is 17.5. The van der Waals surface area contributed by atoms with Crippen LogP contribution >= 0.6 is 69.1 Å². The molecule has 2 heterocycles. The second kappa shape index (κ2) is 9.61. The van der Waals surface area contributed by atoms with Crippen LogP contribution in [-0.2, 0) is 0 Å². The highest BCUT2D eigenvalue weighted by molar-refractivity contribution is 7.22. The Kier molecular flexibility index (Phi) is 7.16. The number of fused-ring (bicyclic) bond motifs is 2. The van der Waals surface area contributed by atoms with Gasteiger partial charge in [-0.05, 0) is 29.7 Å². The van der Waals surface area contributed by atoms with Gasteiger partial charge < -0.3 is 10.6 Å². The molecule has 33 heavy (non-hydrogen) atoms. The van der Waals surface area contributed by atoms with Crippen LogP contribution in [0.1, 0.15) is 33.2 Å². The number of rotatable bonds is 6. The normalized spacial score (nSPS) is 11.8. The first-order valence-corrected chi connectivity index (χ1v) is 13.0. The van der Waals surface area contributed by atoms with Gasteiger partial charge in [0.25, 0.3) is 11.8 Å². The summed E-state index contributed by atoms with van der Waals surface area (Å²) in [7, 11) is 0. The van der Waals surface area contributed by atoms with E-state index >= 15 is 0 Å². The number of hydrogen-bond acceptors (Lipinski definition) is 4. The fraction of sp³-hybridized carbons (Fsp3) is 0.217. The van der Waals surface area contributed by atoms with E-state index in [0.29, 0.717) is 42.9 Å². The largest absolute Gasteiger partial charge is 0.351 e. The zero-order valence-corrected chi connectivity index (χ0v) is 22.2. The van der Waals surface area contributed by atoms with Crippen LogP contribution in [0.2, 0.25) is 20.1 Å². The first kappa shape index (κ1) is 24.6. The summed E-state index contributed by atoms with van der Waals surface area (Å²) in [5.41, 5.74) is -0.412. The number of halogens is 4. The lowest BCUT2D eigenvalue weighted by Gasteiger charge is -2.25. The van der Waals surface area contributed by atoms with Gasteiger partial charge in [0.1, 0.15) is 9.75 Å². The fourth-order valence-corrected chi connectivity index (χ4v) is 6.65. The molecule has 0 saturated heterocycles. The standard InChI is InChI=1S/C23H18Cl4N2O2S2/c1-23(2,9-28-21(30)19-17(26)13-5-3-11(24)7-15(13)32-19)10-29-22(31)20-18(27)14-6-4-12(25)8-16(14)33-20/h3-8H,9-10H2,1-2H3,(H,28,30)(H,29,31). The van der Waals surface area contributed by atoms with Gasteiger partial charge in [0, 0.05) is 43.3 Å². The van der Waals surface area contributed by atoms with E-state index in [1.807, 2.05) is 13.8 Å². The average molecular weight is 560 g/mol. The number of benzene rings is 2. The summed E-state index contributed by atoms with van der Waals surface area (Å²) in [5.74, 6) is -0.526. The van der Waals surface area contributed by atoms with E-state index in [4.69, 9.17) is 46.4 Å². The monoisotopic (exact) mass is 558 g/mol. The van der Waals surface area contributed by atoms with Gasteiger partial charge in [-0.3, -0.25) is 9.59 Å². The maximum Gasteiger partial charge on any atom is 0.262 e. The van der Waals surface area contributed by atoms with E-state index in [1.54, 1.807) is 36.4 Å². The molecule has 0 unspecified atom stereocenters. The van der Waals surface area contributed by atoms with E-state index in [-0.39, 0.29) is 11.8 Å². The lowest BCUT2D eigenvalue weighted by molar-refractivity contribution is 0.0924. The minimum atomic E-state index is -0.412. The van der Waals surface area contributed by atoms with Crippen molar-refractivity contribution in [2.45, 2.75) is 13.8 Å². The van der Waals surface area contributed by atoms with Crippen molar-refractivity contribution in [1.82, 2.24) is 10.6 Å². The molecule has 0 aliphatic heterocycles. The number of amides is 2. The molecule has 4 rings (SSSR count). The molecule has 2 aromatic heterocycles. The van der Waals surface area contributed by atoms with Crippen LogP contribution < -0.4 is 10.6 Å². The molecule has 0 atom stereocenters. The minimum Gasteiger partial charge on any atom is -0.351 e. The number of carbonyl (C=O) groups is 2. The lowest BCUT2D eigenvalue weighted by Crippen LogP contribution is -2.41. The van der Waals surface area contributed by atoms with Crippen molar-refractivity contribution in [2.75, 3.05) is 13.1 Å². The van der Waals surface area contributed by atoms with Crippen molar-refractivity contribution < 1.29 is 9.59 Å². The van der Waals surface area contributed by atoms with Crippen molar-refractivity contribution in [3.63, 3.8) is 0 Å². The summed E-state index contributed by atoms with van der Waals surface area (Å²) in [6, 6.07) is 10.7. The summed E-state index contributed by atoms with van der Waals surface area (Å²) >= 11 is 27.5. The molecule has 172 valence electrons. The summed E-state index contributed by atoms with van der Waals surface area (Å²) in [6.45, 7) is 4.58. The maximum absolute atomic E-state index is 12.8. The summed E-state index contributed by atoms with van der Waals surface area (Å²) < 4.78 is 1.70. The number of thiophene rings is 2. The first-order chi connectivity index (χ1) is 15.6. The van der Waals surface area contributed by atoms with Crippen LogP contribution in [0.25, 0.3) is 20.2 Å². The van der Waals surface area contributed by atoms with Crippen molar-refractivity contribution in [1.29, 1.82) is 0 Å². The van der Waals surface area contributed by atoms with E-state index < -0.39 is 5.41 Å².